The van der Waals surface area contributed by atoms with Crippen molar-refractivity contribution in [3.8, 4) is 0 Å². The van der Waals surface area contributed by atoms with Crippen LogP contribution in [0.2, 0.25) is 0 Å². The predicted molar refractivity (Wildman–Crippen MR) is 63.4 cm³/mol. The summed E-state index contributed by atoms with van der Waals surface area (Å²) in [5.74, 6) is -1.27. The first-order chi connectivity index (χ1) is 9.20. The zero-order valence-corrected chi connectivity index (χ0v) is 11.1. The summed E-state index contributed by atoms with van der Waals surface area (Å²) in [5, 5.41) is 46.5. The Labute approximate surface area is 115 Å². The van der Waals surface area contributed by atoms with E-state index in [2.05, 4.69) is 0 Å². The second kappa shape index (κ2) is 8.79. The summed E-state index contributed by atoms with van der Waals surface area (Å²) in [6.07, 6.45) is -6.92. The molecule has 0 aliphatic rings. The zero-order valence-electron chi connectivity index (χ0n) is 11.1. The van der Waals surface area contributed by atoms with Crippen LogP contribution < -0.4 is 5.43 Å². The van der Waals surface area contributed by atoms with E-state index in [0.29, 0.717) is 5.17 Å². The highest BCUT2D eigenvalue weighted by Crippen LogP contribution is 2.06. The molecular formula is C10H20N2O8. The van der Waals surface area contributed by atoms with E-state index in [4.69, 9.17) is 15.1 Å². The van der Waals surface area contributed by atoms with Crippen LogP contribution in [0.25, 0.3) is 0 Å². The van der Waals surface area contributed by atoms with Gasteiger partial charge in [-0.15, -0.1) is 5.17 Å². The Morgan fingerprint density at radius 3 is 2.00 bits per heavy atom. The number of hydrogen-bond acceptors (Lipinski definition) is 8. The largest absolute Gasteiger partial charge is 0.394 e. The quantitative estimate of drug-likeness (QED) is 0.261. The van der Waals surface area contributed by atoms with Gasteiger partial charge >= 0.3 is 0 Å². The third kappa shape index (κ3) is 6.23. The molecule has 0 spiro atoms. The van der Waals surface area contributed by atoms with E-state index in [1.54, 1.807) is 0 Å². The highest BCUT2D eigenvalue weighted by Gasteiger charge is 2.30. The summed E-state index contributed by atoms with van der Waals surface area (Å²) in [4.78, 5) is 26.6. The van der Waals surface area contributed by atoms with Crippen molar-refractivity contribution < 1.29 is 40.0 Å². The lowest BCUT2D eigenvalue weighted by atomic mass is 10.0. The molecule has 0 radical (unpaired) electrons. The molecule has 0 aromatic rings. The highest BCUT2D eigenvalue weighted by atomic mass is 16.7. The van der Waals surface area contributed by atoms with E-state index in [1.165, 1.54) is 0 Å². The van der Waals surface area contributed by atoms with Crippen molar-refractivity contribution in [2.75, 3.05) is 13.2 Å². The van der Waals surface area contributed by atoms with Crippen LogP contribution in [0.15, 0.2) is 0 Å². The Morgan fingerprint density at radius 1 is 1.10 bits per heavy atom. The van der Waals surface area contributed by atoms with Gasteiger partial charge in [0.1, 0.15) is 31.0 Å². The number of hydrogen-bond donors (Lipinski definition) is 6. The van der Waals surface area contributed by atoms with Crippen molar-refractivity contribution in [2.45, 2.75) is 38.3 Å². The minimum Gasteiger partial charge on any atom is -0.394 e. The molecule has 6 N–H and O–H groups in total. The van der Waals surface area contributed by atoms with Gasteiger partial charge in [0.2, 0.25) is 5.91 Å². The molecule has 0 rings (SSSR count). The average Bonchev–Trinajstić information content (AvgIpc) is 2.39. The number of hydroxylamine groups is 1. The van der Waals surface area contributed by atoms with Gasteiger partial charge in [-0.2, -0.15) is 0 Å². The van der Waals surface area contributed by atoms with Crippen molar-refractivity contribution in [1.29, 1.82) is 0 Å². The lowest BCUT2D eigenvalue weighted by Crippen LogP contribution is -2.50. The molecule has 0 bridgehead atoms. The number of carbonyl (C=O) groups excluding carboxylic acids is 2. The molecule has 10 nitrogen and oxygen atoms in total. The molecule has 0 fully saturated rings. The van der Waals surface area contributed by atoms with Gasteiger partial charge in [-0.05, 0) is 0 Å². The predicted octanol–water partition coefficient (Wildman–Crippen LogP) is -3.75. The van der Waals surface area contributed by atoms with E-state index in [1.807, 2.05) is 5.43 Å². The van der Waals surface area contributed by atoms with Gasteiger partial charge in [0.25, 0.3) is 5.91 Å². The number of aliphatic hydroxyl groups excluding tert-OH is 5. The molecule has 0 aliphatic carbocycles. The van der Waals surface area contributed by atoms with Gasteiger partial charge in [-0.3, -0.25) is 9.59 Å². The number of hydrazine groups is 1. The lowest BCUT2D eigenvalue weighted by Gasteiger charge is -2.27. The van der Waals surface area contributed by atoms with Crippen molar-refractivity contribution >= 4 is 11.8 Å². The number of nitrogens with zero attached hydrogens (tertiary/aromatic N) is 1. The number of rotatable bonds is 7. The molecule has 10 heteroatoms. The Balaban J connectivity index is 4.40. The van der Waals surface area contributed by atoms with E-state index in [-0.39, 0.29) is 0 Å². The van der Waals surface area contributed by atoms with E-state index < -0.39 is 49.4 Å². The van der Waals surface area contributed by atoms with Crippen molar-refractivity contribution in [2.24, 2.45) is 0 Å². The normalized spacial score (nSPS) is 16.9. The average molecular weight is 296 g/mol. The maximum atomic E-state index is 11.1. The van der Waals surface area contributed by atoms with E-state index in [0.717, 1.165) is 13.8 Å². The van der Waals surface area contributed by atoms with Crippen LogP contribution >= 0.6 is 0 Å². The second-order valence-corrected chi connectivity index (χ2v) is 4.08. The smallest absolute Gasteiger partial charge is 0.263 e. The van der Waals surface area contributed by atoms with Crippen LogP contribution in [-0.4, -0.2) is 80.1 Å². The number of amides is 2. The SMILES string of the molecule is CC(=O)NN(OC[C@@H](O)[C@H](O)[C@@H](O)[C@@H](O)CO)C(C)=O. The molecular weight excluding hydrogens is 276 g/mol. The second-order valence-electron chi connectivity index (χ2n) is 4.08. The minimum atomic E-state index is -1.82. The lowest BCUT2D eigenvalue weighted by molar-refractivity contribution is -0.223. The van der Waals surface area contributed by atoms with Crippen LogP contribution in [0.3, 0.4) is 0 Å². The molecule has 0 saturated heterocycles. The van der Waals surface area contributed by atoms with Crippen LogP contribution in [0.1, 0.15) is 13.8 Å². The fourth-order valence-electron chi connectivity index (χ4n) is 1.16. The summed E-state index contributed by atoms with van der Waals surface area (Å²) in [6.45, 7) is 0.766. The third-order valence-corrected chi connectivity index (χ3v) is 2.24. The first-order valence-electron chi connectivity index (χ1n) is 5.74. The zero-order chi connectivity index (χ0) is 15.9. The summed E-state index contributed by atoms with van der Waals surface area (Å²) in [6, 6.07) is 0. The first-order valence-corrected chi connectivity index (χ1v) is 5.74. The number of aliphatic hydroxyl groups is 5. The monoisotopic (exact) mass is 296 g/mol. The fourth-order valence-corrected chi connectivity index (χ4v) is 1.16. The Morgan fingerprint density at radius 2 is 1.60 bits per heavy atom. The van der Waals surface area contributed by atoms with Crippen LogP contribution in [0.5, 0.6) is 0 Å². The van der Waals surface area contributed by atoms with Crippen LogP contribution in [0.4, 0.5) is 0 Å². The Hall–Kier alpha value is -1.30. The molecule has 2 amide bonds. The fraction of sp³-hybridized carbons (Fsp3) is 0.800. The molecule has 0 aliphatic heterocycles. The topological polar surface area (TPSA) is 160 Å². The maximum Gasteiger partial charge on any atom is 0.263 e. The molecule has 20 heavy (non-hydrogen) atoms. The number of nitrogens with one attached hydrogen (secondary N) is 1. The van der Waals surface area contributed by atoms with Crippen LogP contribution in [0, 0.1) is 0 Å². The molecule has 4 atom stereocenters. The van der Waals surface area contributed by atoms with Gasteiger partial charge in [0.05, 0.1) is 6.61 Å². The summed E-state index contributed by atoms with van der Waals surface area (Å²) < 4.78 is 0. The molecule has 118 valence electrons. The van der Waals surface area contributed by atoms with Gasteiger partial charge in [-0.25, -0.2) is 10.3 Å². The Kier molecular flexibility index (Phi) is 8.22. The molecule has 0 aromatic heterocycles. The van der Waals surface area contributed by atoms with E-state index >= 15 is 0 Å². The van der Waals surface area contributed by atoms with Gasteiger partial charge in [-0.1, -0.05) is 0 Å². The Bertz CT molecular complexity index is 326. The maximum absolute atomic E-state index is 11.1. The third-order valence-electron chi connectivity index (χ3n) is 2.24. The molecule has 0 saturated carbocycles. The van der Waals surface area contributed by atoms with Crippen molar-refractivity contribution in [1.82, 2.24) is 10.6 Å². The highest BCUT2D eigenvalue weighted by molar-refractivity contribution is 5.78. The summed E-state index contributed by atoms with van der Waals surface area (Å²) >= 11 is 0. The summed E-state index contributed by atoms with van der Waals surface area (Å²) in [7, 11) is 0. The van der Waals surface area contributed by atoms with Gasteiger partial charge < -0.3 is 25.5 Å². The van der Waals surface area contributed by atoms with Crippen molar-refractivity contribution in [3.63, 3.8) is 0 Å². The van der Waals surface area contributed by atoms with Crippen LogP contribution in [-0.2, 0) is 14.4 Å². The first kappa shape index (κ1) is 18.7. The summed E-state index contributed by atoms with van der Waals surface area (Å²) in [5.41, 5.74) is 2.01. The number of carbonyl (C=O) groups is 2. The van der Waals surface area contributed by atoms with Crippen molar-refractivity contribution in [3.05, 3.63) is 0 Å². The molecule has 0 unspecified atom stereocenters. The minimum absolute atomic E-state index is 0.452. The van der Waals surface area contributed by atoms with E-state index in [9.17, 15) is 24.9 Å². The molecule has 0 aromatic carbocycles. The van der Waals surface area contributed by atoms with Gasteiger partial charge in [0.15, 0.2) is 0 Å². The molecule has 0 heterocycles. The van der Waals surface area contributed by atoms with Gasteiger partial charge in [0, 0.05) is 13.8 Å². The standard InChI is InChI=1S/C10H20N2O8/c1-5(14)11-12(6(2)15)20-4-8(17)10(19)9(18)7(16)3-13/h7-10,13,16-19H,3-4H2,1-2H3,(H,11,14)/t7-,8+,9-,10-/m0/s1.